The van der Waals surface area contributed by atoms with Crippen LogP contribution in [0.4, 0.5) is 0 Å². The Labute approximate surface area is 154 Å². The first-order valence-corrected chi connectivity index (χ1v) is 10.2. The molecular weight excluding hydrogens is 328 g/mol. The van der Waals surface area contributed by atoms with E-state index in [4.69, 9.17) is 0 Å². The summed E-state index contributed by atoms with van der Waals surface area (Å²) in [4.78, 5) is 15.9. The van der Waals surface area contributed by atoms with Gasteiger partial charge in [0.2, 0.25) is 0 Å². The highest BCUT2D eigenvalue weighted by Gasteiger charge is 2.10. The maximum Gasteiger partial charge on any atom is 0.251 e. The number of nitrogens with zero attached hydrogens (tertiary/aromatic N) is 1. The minimum absolute atomic E-state index is 0.0231. The fraction of sp³-hybridized carbons (Fsp3) is 0.381. The number of thioether (sulfide) groups is 1. The third kappa shape index (κ3) is 5.35. The molecule has 0 spiro atoms. The van der Waals surface area contributed by atoms with Gasteiger partial charge in [-0.25, -0.2) is 0 Å². The summed E-state index contributed by atoms with van der Waals surface area (Å²) in [6.07, 6.45) is 6.04. The van der Waals surface area contributed by atoms with Crippen molar-refractivity contribution in [1.29, 1.82) is 0 Å². The zero-order chi connectivity index (χ0) is 17.5. The molecule has 0 unspecified atom stereocenters. The van der Waals surface area contributed by atoms with Crippen LogP contribution in [0.1, 0.15) is 40.7 Å². The number of carbonyl (C=O) groups is 1. The van der Waals surface area contributed by atoms with Crippen LogP contribution in [-0.2, 0) is 13.1 Å². The van der Waals surface area contributed by atoms with Crippen LogP contribution < -0.4 is 5.32 Å². The minimum atomic E-state index is -0.0231. The number of hydrogen-bond acceptors (Lipinski definition) is 3. The number of nitrogens with one attached hydrogen (secondary N) is 1. The third-order valence-corrected chi connectivity index (χ3v) is 5.43. The van der Waals surface area contributed by atoms with Gasteiger partial charge in [-0.2, -0.15) is 0 Å². The lowest BCUT2D eigenvalue weighted by Crippen LogP contribution is -2.29. The fourth-order valence-corrected chi connectivity index (χ4v) is 3.57. The van der Waals surface area contributed by atoms with Crippen molar-refractivity contribution in [2.75, 3.05) is 19.3 Å². The highest BCUT2D eigenvalue weighted by atomic mass is 32.2. The largest absolute Gasteiger partial charge is 0.348 e. The Kier molecular flexibility index (Phi) is 6.54. The molecule has 1 fully saturated rings. The van der Waals surface area contributed by atoms with Gasteiger partial charge in [0.1, 0.15) is 0 Å². The van der Waals surface area contributed by atoms with Crippen molar-refractivity contribution in [2.45, 2.75) is 37.2 Å². The van der Waals surface area contributed by atoms with Crippen molar-refractivity contribution in [3.8, 4) is 0 Å². The molecule has 0 aromatic heterocycles. The van der Waals surface area contributed by atoms with E-state index in [1.54, 1.807) is 11.8 Å². The second-order valence-corrected chi connectivity index (χ2v) is 7.44. The molecule has 2 aromatic rings. The number of amides is 1. The van der Waals surface area contributed by atoms with Crippen molar-refractivity contribution in [3.05, 3.63) is 65.2 Å². The first kappa shape index (κ1) is 18.0. The van der Waals surface area contributed by atoms with Crippen LogP contribution in [-0.4, -0.2) is 30.2 Å². The van der Waals surface area contributed by atoms with Gasteiger partial charge < -0.3 is 5.32 Å². The van der Waals surface area contributed by atoms with E-state index >= 15 is 0 Å². The normalized spacial score (nSPS) is 15.1. The molecule has 1 aliphatic rings. The first-order valence-electron chi connectivity index (χ1n) is 8.97. The molecule has 0 saturated carbocycles. The molecule has 0 aliphatic carbocycles. The predicted octanol–water partition coefficient (Wildman–Crippen LogP) is 4.32. The van der Waals surface area contributed by atoms with Gasteiger partial charge >= 0.3 is 0 Å². The molecule has 0 radical (unpaired) electrons. The van der Waals surface area contributed by atoms with E-state index in [1.807, 2.05) is 30.5 Å². The Balaban J connectivity index is 1.49. The van der Waals surface area contributed by atoms with Crippen molar-refractivity contribution in [1.82, 2.24) is 10.2 Å². The Morgan fingerprint density at radius 2 is 1.60 bits per heavy atom. The Hall–Kier alpha value is -1.78. The SMILES string of the molecule is CSc1ccc(C(=O)NCc2ccc(CN3CCCCC3)cc2)cc1. The van der Waals surface area contributed by atoms with Crippen LogP contribution in [0.5, 0.6) is 0 Å². The maximum absolute atomic E-state index is 12.2. The van der Waals surface area contributed by atoms with E-state index in [-0.39, 0.29) is 5.91 Å². The van der Waals surface area contributed by atoms with Crippen molar-refractivity contribution in [2.24, 2.45) is 0 Å². The smallest absolute Gasteiger partial charge is 0.251 e. The van der Waals surface area contributed by atoms with E-state index in [9.17, 15) is 4.79 Å². The zero-order valence-electron chi connectivity index (χ0n) is 14.8. The number of hydrogen-bond donors (Lipinski definition) is 1. The lowest BCUT2D eigenvalue weighted by atomic mass is 10.1. The summed E-state index contributed by atoms with van der Waals surface area (Å²) in [6, 6.07) is 16.3. The van der Waals surface area contributed by atoms with Crippen LogP contribution in [0.25, 0.3) is 0 Å². The van der Waals surface area contributed by atoms with E-state index in [0.29, 0.717) is 12.1 Å². The number of benzene rings is 2. The second-order valence-electron chi connectivity index (χ2n) is 6.56. The monoisotopic (exact) mass is 354 g/mol. The van der Waals surface area contributed by atoms with Gasteiger partial charge in [-0.05, 0) is 67.6 Å². The summed E-state index contributed by atoms with van der Waals surface area (Å²) in [5.74, 6) is -0.0231. The summed E-state index contributed by atoms with van der Waals surface area (Å²) in [7, 11) is 0. The molecule has 1 heterocycles. The van der Waals surface area contributed by atoms with E-state index in [1.165, 1.54) is 42.8 Å². The quantitative estimate of drug-likeness (QED) is 0.784. The standard InChI is InChI=1S/C21H26N2OS/c1-25-20-11-9-19(10-12-20)21(24)22-15-17-5-7-18(8-6-17)16-23-13-3-2-4-14-23/h5-12H,2-4,13-16H2,1H3,(H,22,24). The molecule has 1 aliphatic heterocycles. The second kappa shape index (κ2) is 9.07. The Morgan fingerprint density at radius 3 is 2.24 bits per heavy atom. The minimum Gasteiger partial charge on any atom is -0.348 e. The van der Waals surface area contributed by atoms with Crippen LogP contribution in [0.2, 0.25) is 0 Å². The molecule has 132 valence electrons. The summed E-state index contributed by atoms with van der Waals surface area (Å²) in [5.41, 5.74) is 3.20. The molecule has 25 heavy (non-hydrogen) atoms. The highest BCUT2D eigenvalue weighted by Crippen LogP contribution is 2.15. The van der Waals surface area contributed by atoms with Crippen LogP contribution in [0.15, 0.2) is 53.4 Å². The van der Waals surface area contributed by atoms with Crippen molar-refractivity contribution >= 4 is 17.7 Å². The average Bonchev–Trinajstić information content (AvgIpc) is 2.68. The van der Waals surface area contributed by atoms with E-state index in [0.717, 1.165) is 12.1 Å². The van der Waals surface area contributed by atoms with E-state index in [2.05, 4.69) is 34.5 Å². The number of likely N-dealkylation sites (tertiary alicyclic amines) is 1. The topological polar surface area (TPSA) is 32.3 Å². The average molecular weight is 355 g/mol. The molecule has 1 amide bonds. The van der Waals surface area contributed by atoms with Gasteiger partial charge in [0.15, 0.2) is 0 Å². The highest BCUT2D eigenvalue weighted by molar-refractivity contribution is 7.98. The number of rotatable bonds is 6. The third-order valence-electron chi connectivity index (χ3n) is 4.68. The van der Waals surface area contributed by atoms with Crippen molar-refractivity contribution in [3.63, 3.8) is 0 Å². The Bertz CT molecular complexity index is 676. The molecule has 3 rings (SSSR count). The van der Waals surface area contributed by atoms with Crippen LogP contribution in [0, 0.1) is 0 Å². The molecular formula is C21H26N2OS. The molecule has 1 N–H and O–H groups in total. The van der Waals surface area contributed by atoms with Gasteiger partial charge in [-0.3, -0.25) is 9.69 Å². The summed E-state index contributed by atoms with van der Waals surface area (Å²) in [6.45, 7) is 4.03. The van der Waals surface area contributed by atoms with Crippen LogP contribution >= 0.6 is 11.8 Å². The van der Waals surface area contributed by atoms with E-state index < -0.39 is 0 Å². The number of piperidine rings is 1. The lowest BCUT2D eigenvalue weighted by molar-refractivity contribution is 0.0951. The van der Waals surface area contributed by atoms with Gasteiger partial charge in [-0.15, -0.1) is 11.8 Å². The van der Waals surface area contributed by atoms with Crippen molar-refractivity contribution < 1.29 is 4.79 Å². The maximum atomic E-state index is 12.2. The molecule has 0 bridgehead atoms. The number of carbonyl (C=O) groups excluding carboxylic acids is 1. The molecule has 2 aromatic carbocycles. The Morgan fingerprint density at radius 1 is 0.960 bits per heavy atom. The molecule has 0 atom stereocenters. The van der Waals surface area contributed by atoms with Crippen LogP contribution in [0.3, 0.4) is 0 Å². The zero-order valence-corrected chi connectivity index (χ0v) is 15.6. The summed E-state index contributed by atoms with van der Waals surface area (Å²) >= 11 is 1.68. The molecule has 1 saturated heterocycles. The lowest BCUT2D eigenvalue weighted by Gasteiger charge is -2.26. The van der Waals surface area contributed by atoms with Gasteiger partial charge in [0.05, 0.1) is 0 Å². The summed E-state index contributed by atoms with van der Waals surface area (Å²) < 4.78 is 0. The first-order chi connectivity index (χ1) is 12.2. The predicted molar refractivity (Wildman–Crippen MR) is 105 cm³/mol. The van der Waals surface area contributed by atoms with Gasteiger partial charge in [0, 0.05) is 23.5 Å². The fourth-order valence-electron chi connectivity index (χ4n) is 3.17. The summed E-state index contributed by atoms with van der Waals surface area (Å²) in [5, 5.41) is 3.00. The molecule has 3 nitrogen and oxygen atoms in total. The van der Waals surface area contributed by atoms with Gasteiger partial charge in [-0.1, -0.05) is 30.7 Å². The van der Waals surface area contributed by atoms with Gasteiger partial charge in [0.25, 0.3) is 5.91 Å². The molecule has 4 heteroatoms.